The minimum Gasteiger partial charge on any atom is -0.492 e. The van der Waals surface area contributed by atoms with Gasteiger partial charge in [0.15, 0.2) is 11.6 Å². The van der Waals surface area contributed by atoms with Crippen LogP contribution in [-0.4, -0.2) is 25.8 Å². The lowest BCUT2D eigenvalue weighted by molar-refractivity contribution is 0.177. The topological polar surface area (TPSA) is 41.5 Å². The average molecular weight is 278 g/mol. The molecule has 0 aliphatic heterocycles. The Bertz CT molecular complexity index is 323. The van der Waals surface area contributed by atoms with E-state index in [4.69, 9.17) is 4.74 Å². The van der Waals surface area contributed by atoms with Crippen molar-refractivity contribution in [1.29, 1.82) is 0 Å². The van der Waals surface area contributed by atoms with Gasteiger partial charge in [0.25, 0.3) is 0 Å². The summed E-state index contributed by atoms with van der Waals surface area (Å²) in [6.07, 6.45) is -0.730. The van der Waals surface area contributed by atoms with Crippen molar-refractivity contribution in [3.05, 3.63) is 28.0 Å². The Morgan fingerprint density at radius 1 is 1.60 bits per heavy atom. The van der Waals surface area contributed by atoms with Crippen LogP contribution in [0.15, 0.2) is 16.6 Å². The van der Waals surface area contributed by atoms with Crippen LogP contribution in [0.5, 0.6) is 5.75 Å². The first kappa shape index (κ1) is 12.4. The highest BCUT2D eigenvalue weighted by Crippen LogP contribution is 2.31. The number of aliphatic hydroxyl groups is 1. The van der Waals surface area contributed by atoms with Crippen LogP contribution in [0.4, 0.5) is 4.39 Å². The summed E-state index contributed by atoms with van der Waals surface area (Å²) in [6, 6.07) is 2.91. The van der Waals surface area contributed by atoms with Crippen molar-refractivity contribution in [2.45, 2.75) is 6.10 Å². The highest BCUT2D eigenvalue weighted by Gasteiger charge is 2.14. The highest BCUT2D eigenvalue weighted by molar-refractivity contribution is 9.10. The van der Waals surface area contributed by atoms with Crippen molar-refractivity contribution in [1.82, 2.24) is 5.32 Å². The minimum absolute atomic E-state index is 0.149. The summed E-state index contributed by atoms with van der Waals surface area (Å²) in [5.74, 6) is -0.340. The van der Waals surface area contributed by atoms with E-state index in [1.165, 1.54) is 13.2 Å². The molecule has 1 aromatic carbocycles. The second-order valence-electron chi connectivity index (χ2n) is 3.09. The summed E-state index contributed by atoms with van der Waals surface area (Å²) in [6.45, 7) is 0.373. The molecule has 1 atom stereocenters. The molecule has 0 radical (unpaired) electrons. The third-order valence-electron chi connectivity index (χ3n) is 2.01. The quantitative estimate of drug-likeness (QED) is 0.883. The summed E-state index contributed by atoms with van der Waals surface area (Å²) >= 11 is 3.18. The molecular weight excluding hydrogens is 265 g/mol. The Balaban J connectivity index is 3.02. The number of likely N-dealkylation sites (N-methyl/N-ethyl adjacent to an activating group) is 1. The van der Waals surface area contributed by atoms with Gasteiger partial charge in [-0.15, -0.1) is 0 Å². The summed E-state index contributed by atoms with van der Waals surface area (Å²) < 4.78 is 18.8. The molecule has 0 amide bonds. The minimum atomic E-state index is -0.730. The normalized spacial score (nSPS) is 12.6. The Kier molecular flexibility index (Phi) is 4.50. The van der Waals surface area contributed by atoms with Gasteiger partial charge in [0.2, 0.25) is 0 Å². The molecule has 0 spiro atoms. The van der Waals surface area contributed by atoms with Gasteiger partial charge in [-0.1, -0.05) is 0 Å². The van der Waals surface area contributed by atoms with E-state index in [0.717, 1.165) is 0 Å². The van der Waals surface area contributed by atoms with Crippen molar-refractivity contribution in [3.8, 4) is 5.75 Å². The SMILES string of the molecule is CNCC(O)c1cc(F)c(OC)c(Br)c1. The maximum atomic E-state index is 13.4. The zero-order valence-electron chi connectivity index (χ0n) is 8.55. The zero-order chi connectivity index (χ0) is 11.4. The molecule has 1 aromatic rings. The van der Waals surface area contributed by atoms with Gasteiger partial charge in [-0.2, -0.15) is 0 Å². The molecule has 84 valence electrons. The lowest BCUT2D eigenvalue weighted by Crippen LogP contribution is -2.16. The standard InChI is InChI=1S/C10H13BrFNO2/c1-13-5-9(14)6-3-7(11)10(15-2)8(12)4-6/h3-4,9,13-14H,5H2,1-2H3. The van der Waals surface area contributed by atoms with Crippen LogP contribution in [-0.2, 0) is 0 Å². The first-order valence-electron chi connectivity index (χ1n) is 4.45. The van der Waals surface area contributed by atoms with Gasteiger partial charge in [-0.25, -0.2) is 4.39 Å². The number of methoxy groups -OCH3 is 1. The third kappa shape index (κ3) is 2.90. The molecule has 1 unspecified atom stereocenters. The van der Waals surface area contributed by atoms with E-state index in [2.05, 4.69) is 21.2 Å². The van der Waals surface area contributed by atoms with Gasteiger partial charge in [-0.05, 0) is 40.7 Å². The van der Waals surface area contributed by atoms with Crippen LogP contribution in [0.25, 0.3) is 0 Å². The maximum absolute atomic E-state index is 13.4. The molecule has 0 saturated heterocycles. The Morgan fingerprint density at radius 2 is 2.27 bits per heavy atom. The third-order valence-corrected chi connectivity index (χ3v) is 2.60. The Hall–Kier alpha value is -0.650. The van der Waals surface area contributed by atoms with Crippen LogP contribution >= 0.6 is 15.9 Å². The van der Waals surface area contributed by atoms with Gasteiger partial charge >= 0.3 is 0 Å². The van der Waals surface area contributed by atoms with E-state index in [1.54, 1.807) is 13.1 Å². The number of nitrogens with one attached hydrogen (secondary N) is 1. The van der Waals surface area contributed by atoms with Gasteiger partial charge < -0.3 is 15.2 Å². The molecule has 0 bridgehead atoms. The Morgan fingerprint density at radius 3 is 2.73 bits per heavy atom. The zero-order valence-corrected chi connectivity index (χ0v) is 10.1. The van der Waals surface area contributed by atoms with E-state index >= 15 is 0 Å². The number of rotatable bonds is 4. The van der Waals surface area contributed by atoms with Crippen LogP contribution in [0.1, 0.15) is 11.7 Å². The molecule has 0 saturated carbocycles. The fraction of sp³-hybridized carbons (Fsp3) is 0.400. The predicted molar refractivity (Wildman–Crippen MR) is 59.5 cm³/mol. The average Bonchev–Trinajstić information content (AvgIpc) is 2.17. The van der Waals surface area contributed by atoms with Crippen LogP contribution in [0, 0.1) is 5.82 Å². The van der Waals surface area contributed by atoms with Gasteiger partial charge in [-0.3, -0.25) is 0 Å². The lowest BCUT2D eigenvalue weighted by Gasteiger charge is -2.13. The molecule has 2 N–H and O–H groups in total. The lowest BCUT2D eigenvalue weighted by atomic mass is 10.1. The first-order chi connectivity index (χ1) is 7.10. The molecule has 0 aliphatic rings. The Labute approximate surface area is 96.4 Å². The van der Waals surface area contributed by atoms with Crippen LogP contribution in [0.3, 0.4) is 0 Å². The van der Waals surface area contributed by atoms with Crippen molar-refractivity contribution in [3.63, 3.8) is 0 Å². The number of ether oxygens (including phenoxy) is 1. The van der Waals surface area contributed by atoms with E-state index in [9.17, 15) is 9.50 Å². The van der Waals surface area contributed by atoms with E-state index in [0.29, 0.717) is 16.6 Å². The predicted octanol–water partition coefficient (Wildman–Crippen LogP) is 1.85. The van der Waals surface area contributed by atoms with Crippen molar-refractivity contribution in [2.24, 2.45) is 0 Å². The van der Waals surface area contributed by atoms with Crippen LogP contribution < -0.4 is 10.1 Å². The van der Waals surface area contributed by atoms with Crippen molar-refractivity contribution in [2.75, 3.05) is 20.7 Å². The fourth-order valence-electron chi connectivity index (χ4n) is 1.28. The smallest absolute Gasteiger partial charge is 0.168 e. The van der Waals surface area contributed by atoms with Gasteiger partial charge in [0.05, 0.1) is 17.7 Å². The molecule has 0 aromatic heterocycles. The maximum Gasteiger partial charge on any atom is 0.168 e. The molecule has 0 heterocycles. The summed E-state index contributed by atoms with van der Waals surface area (Å²) in [5.41, 5.74) is 0.509. The summed E-state index contributed by atoms with van der Waals surface area (Å²) in [4.78, 5) is 0. The number of halogens is 2. The van der Waals surface area contributed by atoms with Gasteiger partial charge in [0.1, 0.15) is 0 Å². The number of hydrogen-bond donors (Lipinski definition) is 2. The molecule has 3 nitrogen and oxygen atoms in total. The first-order valence-corrected chi connectivity index (χ1v) is 5.25. The second-order valence-corrected chi connectivity index (χ2v) is 3.95. The highest BCUT2D eigenvalue weighted by atomic mass is 79.9. The molecule has 5 heteroatoms. The summed E-state index contributed by atoms with van der Waals surface area (Å²) in [5, 5.41) is 12.5. The molecular formula is C10H13BrFNO2. The number of aliphatic hydroxyl groups excluding tert-OH is 1. The number of hydrogen-bond acceptors (Lipinski definition) is 3. The van der Waals surface area contributed by atoms with E-state index in [-0.39, 0.29) is 5.75 Å². The largest absolute Gasteiger partial charge is 0.492 e. The fourth-order valence-corrected chi connectivity index (χ4v) is 1.89. The second kappa shape index (κ2) is 5.44. The number of benzene rings is 1. The molecule has 0 aliphatic carbocycles. The molecule has 0 fully saturated rings. The van der Waals surface area contributed by atoms with Crippen molar-refractivity contribution < 1.29 is 14.2 Å². The van der Waals surface area contributed by atoms with Crippen molar-refractivity contribution >= 4 is 15.9 Å². The summed E-state index contributed by atoms with van der Waals surface area (Å²) in [7, 11) is 3.12. The van der Waals surface area contributed by atoms with Crippen LogP contribution in [0.2, 0.25) is 0 Å². The van der Waals surface area contributed by atoms with E-state index < -0.39 is 11.9 Å². The molecule has 1 rings (SSSR count). The molecule has 15 heavy (non-hydrogen) atoms. The monoisotopic (exact) mass is 277 g/mol. The van der Waals surface area contributed by atoms with Gasteiger partial charge in [0, 0.05) is 6.54 Å². The van der Waals surface area contributed by atoms with E-state index in [1.807, 2.05) is 0 Å².